The maximum Gasteiger partial charge on any atom is 0.0469 e. The SMILES string of the molecule is CCOCCC(CNC)C(C)C. The molecular formula is C10H23NO. The lowest BCUT2D eigenvalue weighted by atomic mass is 9.93. The van der Waals surface area contributed by atoms with Crippen molar-refractivity contribution >= 4 is 0 Å². The number of ether oxygens (including phenoxy) is 1. The molecule has 0 aliphatic heterocycles. The predicted octanol–water partition coefficient (Wildman–Crippen LogP) is 1.90. The van der Waals surface area contributed by atoms with Crippen LogP contribution in [0.2, 0.25) is 0 Å². The third kappa shape index (κ3) is 5.56. The van der Waals surface area contributed by atoms with E-state index in [1.54, 1.807) is 0 Å². The topological polar surface area (TPSA) is 21.3 Å². The smallest absolute Gasteiger partial charge is 0.0469 e. The standard InChI is InChI=1S/C10H23NO/c1-5-12-7-6-10(8-11-4)9(2)3/h9-11H,5-8H2,1-4H3. The normalized spacial score (nSPS) is 13.8. The summed E-state index contributed by atoms with van der Waals surface area (Å²) in [4.78, 5) is 0. The van der Waals surface area contributed by atoms with E-state index in [1.165, 1.54) is 6.42 Å². The summed E-state index contributed by atoms with van der Waals surface area (Å²) in [6.07, 6.45) is 1.17. The second-order valence-electron chi connectivity index (χ2n) is 3.55. The molecule has 0 rings (SSSR count). The number of nitrogens with one attached hydrogen (secondary N) is 1. The quantitative estimate of drug-likeness (QED) is 0.594. The van der Waals surface area contributed by atoms with Gasteiger partial charge in [0.15, 0.2) is 0 Å². The van der Waals surface area contributed by atoms with Crippen molar-refractivity contribution in [1.82, 2.24) is 5.32 Å². The summed E-state index contributed by atoms with van der Waals surface area (Å²) in [6.45, 7) is 9.43. The molecule has 0 saturated heterocycles. The first-order valence-corrected chi connectivity index (χ1v) is 4.94. The lowest BCUT2D eigenvalue weighted by Gasteiger charge is -2.19. The van der Waals surface area contributed by atoms with Gasteiger partial charge in [-0.25, -0.2) is 0 Å². The lowest BCUT2D eigenvalue weighted by Crippen LogP contribution is -2.24. The van der Waals surface area contributed by atoms with E-state index in [0.29, 0.717) is 0 Å². The number of hydrogen-bond donors (Lipinski definition) is 1. The number of hydrogen-bond acceptors (Lipinski definition) is 2. The zero-order valence-corrected chi connectivity index (χ0v) is 8.89. The van der Waals surface area contributed by atoms with Gasteiger partial charge in [-0.3, -0.25) is 0 Å². The van der Waals surface area contributed by atoms with Gasteiger partial charge in [0.1, 0.15) is 0 Å². The van der Waals surface area contributed by atoms with Gasteiger partial charge < -0.3 is 10.1 Å². The van der Waals surface area contributed by atoms with Crippen molar-refractivity contribution in [1.29, 1.82) is 0 Å². The Labute approximate surface area is 76.7 Å². The summed E-state index contributed by atoms with van der Waals surface area (Å²) in [5, 5.41) is 3.22. The highest BCUT2D eigenvalue weighted by molar-refractivity contribution is 4.64. The Kier molecular flexibility index (Phi) is 7.51. The Hall–Kier alpha value is -0.0800. The molecule has 0 spiro atoms. The van der Waals surface area contributed by atoms with Gasteiger partial charge in [0.2, 0.25) is 0 Å². The minimum Gasteiger partial charge on any atom is -0.382 e. The summed E-state index contributed by atoms with van der Waals surface area (Å²) >= 11 is 0. The van der Waals surface area contributed by atoms with Crippen LogP contribution < -0.4 is 5.32 Å². The molecular weight excluding hydrogens is 150 g/mol. The van der Waals surface area contributed by atoms with Crippen molar-refractivity contribution in [2.45, 2.75) is 27.2 Å². The van der Waals surface area contributed by atoms with E-state index in [2.05, 4.69) is 19.2 Å². The number of rotatable bonds is 7. The van der Waals surface area contributed by atoms with Crippen LogP contribution in [0.25, 0.3) is 0 Å². The van der Waals surface area contributed by atoms with Gasteiger partial charge in [0.25, 0.3) is 0 Å². The maximum atomic E-state index is 5.33. The minimum absolute atomic E-state index is 0.748. The fourth-order valence-electron chi connectivity index (χ4n) is 1.31. The molecule has 0 fully saturated rings. The average Bonchev–Trinajstić information content (AvgIpc) is 2.03. The first-order chi connectivity index (χ1) is 5.72. The Balaban J connectivity index is 3.49. The molecule has 1 unspecified atom stereocenters. The largest absolute Gasteiger partial charge is 0.382 e. The van der Waals surface area contributed by atoms with Gasteiger partial charge in [-0.1, -0.05) is 13.8 Å². The highest BCUT2D eigenvalue weighted by atomic mass is 16.5. The summed E-state index contributed by atoms with van der Waals surface area (Å²) in [7, 11) is 2.01. The van der Waals surface area contributed by atoms with Gasteiger partial charge >= 0.3 is 0 Å². The van der Waals surface area contributed by atoms with Crippen LogP contribution in [0, 0.1) is 11.8 Å². The average molecular weight is 173 g/mol. The summed E-state index contributed by atoms with van der Waals surface area (Å²) in [5.74, 6) is 1.50. The second-order valence-corrected chi connectivity index (χ2v) is 3.55. The molecule has 0 aromatic rings. The van der Waals surface area contributed by atoms with Crippen LogP contribution >= 0.6 is 0 Å². The Morgan fingerprint density at radius 1 is 1.33 bits per heavy atom. The lowest BCUT2D eigenvalue weighted by molar-refractivity contribution is 0.124. The van der Waals surface area contributed by atoms with Crippen molar-refractivity contribution in [3.05, 3.63) is 0 Å². The molecule has 0 heterocycles. The van der Waals surface area contributed by atoms with Crippen molar-refractivity contribution in [2.24, 2.45) is 11.8 Å². The molecule has 0 aromatic carbocycles. The third-order valence-electron chi connectivity index (χ3n) is 2.25. The highest BCUT2D eigenvalue weighted by Crippen LogP contribution is 2.13. The van der Waals surface area contributed by atoms with E-state index in [4.69, 9.17) is 4.74 Å². The predicted molar refractivity (Wildman–Crippen MR) is 53.4 cm³/mol. The first-order valence-electron chi connectivity index (χ1n) is 4.94. The van der Waals surface area contributed by atoms with Crippen LogP contribution in [-0.4, -0.2) is 26.8 Å². The van der Waals surface area contributed by atoms with Crippen LogP contribution in [0.4, 0.5) is 0 Å². The van der Waals surface area contributed by atoms with Crippen molar-refractivity contribution in [2.75, 3.05) is 26.8 Å². The van der Waals surface area contributed by atoms with Gasteiger partial charge in [-0.2, -0.15) is 0 Å². The highest BCUT2D eigenvalue weighted by Gasteiger charge is 2.11. The van der Waals surface area contributed by atoms with E-state index >= 15 is 0 Å². The van der Waals surface area contributed by atoms with Gasteiger partial charge in [0, 0.05) is 13.2 Å². The Morgan fingerprint density at radius 2 is 2.00 bits per heavy atom. The monoisotopic (exact) mass is 173 g/mol. The molecule has 2 heteroatoms. The molecule has 0 aliphatic rings. The molecule has 1 N–H and O–H groups in total. The van der Waals surface area contributed by atoms with E-state index < -0.39 is 0 Å². The van der Waals surface area contributed by atoms with Crippen LogP contribution in [0.5, 0.6) is 0 Å². The molecule has 1 atom stereocenters. The van der Waals surface area contributed by atoms with Crippen molar-refractivity contribution in [3.63, 3.8) is 0 Å². The van der Waals surface area contributed by atoms with Crippen molar-refractivity contribution in [3.8, 4) is 0 Å². The Bertz CT molecular complexity index is 93.8. The third-order valence-corrected chi connectivity index (χ3v) is 2.25. The van der Waals surface area contributed by atoms with E-state index in [9.17, 15) is 0 Å². The molecule has 2 nitrogen and oxygen atoms in total. The molecule has 0 aliphatic carbocycles. The van der Waals surface area contributed by atoms with Crippen LogP contribution in [-0.2, 0) is 4.74 Å². The molecule has 0 aromatic heterocycles. The minimum atomic E-state index is 0.748. The molecule has 0 bridgehead atoms. The molecule has 0 radical (unpaired) electrons. The zero-order valence-electron chi connectivity index (χ0n) is 8.89. The zero-order chi connectivity index (χ0) is 9.40. The summed E-state index contributed by atoms with van der Waals surface area (Å²) in [6, 6.07) is 0. The molecule has 0 saturated carbocycles. The maximum absolute atomic E-state index is 5.33. The fourth-order valence-corrected chi connectivity index (χ4v) is 1.31. The van der Waals surface area contributed by atoms with Gasteiger partial charge in [-0.15, -0.1) is 0 Å². The first kappa shape index (κ1) is 11.9. The summed E-state index contributed by atoms with van der Waals surface area (Å²) in [5.41, 5.74) is 0. The molecule has 74 valence electrons. The van der Waals surface area contributed by atoms with E-state index in [1.807, 2.05) is 14.0 Å². The van der Waals surface area contributed by atoms with Crippen LogP contribution in [0.15, 0.2) is 0 Å². The second kappa shape index (κ2) is 7.56. The molecule has 0 amide bonds. The van der Waals surface area contributed by atoms with E-state index in [0.717, 1.165) is 31.6 Å². The van der Waals surface area contributed by atoms with Crippen LogP contribution in [0.3, 0.4) is 0 Å². The van der Waals surface area contributed by atoms with Crippen LogP contribution in [0.1, 0.15) is 27.2 Å². The van der Waals surface area contributed by atoms with Gasteiger partial charge in [-0.05, 0) is 38.8 Å². The fraction of sp³-hybridized carbons (Fsp3) is 1.00. The van der Waals surface area contributed by atoms with Crippen molar-refractivity contribution < 1.29 is 4.74 Å². The van der Waals surface area contributed by atoms with E-state index in [-0.39, 0.29) is 0 Å². The Morgan fingerprint density at radius 3 is 2.42 bits per heavy atom. The van der Waals surface area contributed by atoms with Gasteiger partial charge in [0.05, 0.1) is 0 Å². The molecule has 12 heavy (non-hydrogen) atoms. The summed E-state index contributed by atoms with van der Waals surface area (Å²) < 4.78 is 5.33.